The van der Waals surface area contributed by atoms with Crippen molar-refractivity contribution in [3.05, 3.63) is 53.4 Å². The molecule has 1 saturated heterocycles. The molecule has 31 heavy (non-hydrogen) atoms. The first kappa shape index (κ1) is 22.6. The maximum Gasteiger partial charge on any atom is 0.267 e. The lowest BCUT2D eigenvalue weighted by atomic mass is 9.82. The largest absolute Gasteiger partial charge is 0.493 e. The summed E-state index contributed by atoms with van der Waals surface area (Å²) in [6, 6.07) is 5.28. The van der Waals surface area contributed by atoms with Gasteiger partial charge in [-0.2, -0.15) is 4.39 Å². The molecule has 7 nitrogen and oxygen atoms in total. The fourth-order valence-corrected chi connectivity index (χ4v) is 3.68. The molecule has 0 spiro atoms. The van der Waals surface area contributed by atoms with Crippen molar-refractivity contribution in [2.45, 2.75) is 45.3 Å². The first-order chi connectivity index (χ1) is 14.5. The lowest BCUT2D eigenvalue weighted by Gasteiger charge is -2.26. The molecular formula is C22H25F2N3O4. The fourth-order valence-electron chi connectivity index (χ4n) is 3.68. The van der Waals surface area contributed by atoms with Crippen LogP contribution in [0.1, 0.15) is 49.2 Å². The Bertz CT molecular complexity index is 1010. The van der Waals surface area contributed by atoms with Gasteiger partial charge in [0.1, 0.15) is 11.8 Å². The number of methoxy groups -OCH3 is 1. The number of pyridine rings is 1. The average Bonchev–Trinajstić information content (AvgIpc) is 3.16. The number of carbonyl (C=O) groups is 2. The van der Waals surface area contributed by atoms with Gasteiger partial charge in [-0.3, -0.25) is 14.6 Å². The number of benzene rings is 1. The Kier molecular flexibility index (Phi) is 6.26. The van der Waals surface area contributed by atoms with Crippen molar-refractivity contribution < 1.29 is 27.8 Å². The SMILES string of the molecule is COc1c([C@@H]2C[C@@H](C(C)(C)C)O[C@@H]2C(=O)Nc2ccnc(C(N)=O)c2)ccc(F)c1F. The molecule has 3 N–H and O–H groups in total. The third kappa shape index (κ3) is 4.66. The molecule has 0 bridgehead atoms. The second kappa shape index (κ2) is 8.58. The van der Waals surface area contributed by atoms with Crippen LogP contribution in [0.3, 0.4) is 0 Å². The molecule has 1 aliphatic rings. The molecule has 9 heteroatoms. The molecule has 0 aliphatic carbocycles. The van der Waals surface area contributed by atoms with Crippen LogP contribution in [-0.2, 0) is 9.53 Å². The van der Waals surface area contributed by atoms with Crippen molar-refractivity contribution in [3.63, 3.8) is 0 Å². The van der Waals surface area contributed by atoms with E-state index in [1.54, 1.807) is 0 Å². The second-order valence-corrected chi connectivity index (χ2v) is 8.52. The fraction of sp³-hybridized carbons (Fsp3) is 0.409. The minimum Gasteiger partial charge on any atom is -0.493 e. The second-order valence-electron chi connectivity index (χ2n) is 8.52. The molecule has 0 unspecified atom stereocenters. The van der Waals surface area contributed by atoms with Crippen LogP contribution in [0.25, 0.3) is 0 Å². The first-order valence-electron chi connectivity index (χ1n) is 9.77. The van der Waals surface area contributed by atoms with Crippen LogP contribution in [0, 0.1) is 17.0 Å². The number of ether oxygens (including phenoxy) is 2. The molecule has 166 valence electrons. The van der Waals surface area contributed by atoms with Crippen LogP contribution in [0.5, 0.6) is 5.75 Å². The van der Waals surface area contributed by atoms with E-state index in [0.29, 0.717) is 17.7 Å². The Hall–Kier alpha value is -3.07. The van der Waals surface area contributed by atoms with Crippen molar-refractivity contribution in [1.29, 1.82) is 0 Å². The van der Waals surface area contributed by atoms with Crippen molar-refractivity contribution >= 4 is 17.5 Å². The molecular weight excluding hydrogens is 408 g/mol. The molecule has 3 atom stereocenters. The lowest BCUT2D eigenvalue weighted by Crippen LogP contribution is -2.34. The zero-order valence-corrected chi connectivity index (χ0v) is 17.7. The van der Waals surface area contributed by atoms with Crippen molar-refractivity contribution in [2.24, 2.45) is 11.1 Å². The van der Waals surface area contributed by atoms with E-state index in [0.717, 1.165) is 6.07 Å². The minimum atomic E-state index is -1.11. The highest BCUT2D eigenvalue weighted by Gasteiger charge is 2.46. The van der Waals surface area contributed by atoms with E-state index in [4.69, 9.17) is 15.2 Å². The number of hydrogen-bond donors (Lipinski definition) is 2. The van der Waals surface area contributed by atoms with Gasteiger partial charge in [0.15, 0.2) is 11.6 Å². The van der Waals surface area contributed by atoms with E-state index in [2.05, 4.69) is 10.3 Å². The van der Waals surface area contributed by atoms with Gasteiger partial charge in [0, 0.05) is 23.4 Å². The number of hydrogen-bond acceptors (Lipinski definition) is 5. The van der Waals surface area contributed by atoms with E-state index in [1.807, 2.05) is 20.8 Å². The predicted molar refractivity (Wildman–Crippen MR) is 110 cm³/mol. The highest BCUT2D eigenvalue weighted by Crippen LogP contribution is 2.45. The van der Waals surface area contributed by atoms with Gasteiger partial charge >= 0.3 is 0 Å². The summed E-state index contributed by atoms with van der Waals surface area (Å²) in [5.74, 6) is -4.20. The van der Waals surface area contributed by atoms with E-state index in [1.165, 1.54) is 31.5 Å². The molecule has 2 heterocycles. The van der Waals surface area contributed by atoms with Gasteiger partial charge in [-0.05, 0) is 30.0 Å². The quantitative estimate of drug-likeness (QED) is 0.752. The molecule has 2 amide bonds. The molecule has 1 fully saturated rings. The topological polar surface area (TPSA) is 104 Å². The maximum absolute atomic E-state index is 14.4. The number of rotatable bonds is 5. The maximum atomic E-state index is 14.4. The highest BCUT2D eigenvalue weighted by molar-refractivity contribution is 5.97. The molecule has 0 radical (unpaired) electrons. The first-order valence-corrected chi connectivity index (χ1v) is 9.77. The van der Waals surface area contributed by atoms with Crippen LogP contribution in [0.2, 0.25) is 0 Å². The van der Waals surface area contributed by atoms with Gasteiger partial charge in [-0.1, -0.05) is 26.8 Å². The van der Waals surface area contributed by atoms with E-state index in [-0.39, 0.29) is 23.0 Å². The summed E-state index contributed by atoms with van der Waals surface area (Å²) in [7, 11) is 1.25. The Morgan fingerprint density at radius 3 is 2.58 bits per heavy atom. The summed E-state index contributed by atoms with van der Waals surface area (Å²) in [6.45, 7) is 5.92. The van der Waals surface area contributed by atoms with Gasteiger partial charge in [0.25, 0.3) is 11.8 Å². The third-order valence-corrected chi connectivity index (χ3v) is 5.33. The van der Waals surface area contributed by atoms with Crippen LogP contribution in [-0.4, -0.2) is 36.1 Å². The standard InChI is InChI=1S/C22H25F2N3O4/c1-22(2,3)16-10-13(12-5-6-14(23)17(24)18(12)30-4)19(31-16)21(29)27-11-7-8-26-15(9-11)20(25)28/h5-9,13,16,19H,10H2,1-4H3,(H2,25,28)(H,26,27,29)/t13-,16-,19-/m0/s1. The summed E-state index contributed by atoms with van der Waals surface area (Å²) >= 11 is 0. The minimum absolute atomic E-state index is 0.00321. The van der Waals surface area contributed by atoms with Crippen molar-refractivity contribution in [2.75, 3.05) is 12.4 Å². The number of halogens is 2. The normalized spacial score (nSPS) is 21.0. The van der Waals surface area contributed by atoms with Crippen LogP contribution in [0.4, 0.5) is 14.5 Å². The number of aromatic nitrogens is 1. The number of nitrogens with two attached hydrogens (primary N) is 1. The Morgan fingerprint density at radius 2 is 1.97 bits per heavy atom. The monoisotopic (exact) mass is 433 g/mol. The summed E-state index contributed by atoms with van der Waals surface area (Å²) in [5.41, 5.74) is 5.60. The smallest absolute Gasteiger partial charge is 0.267 e. The lowest BCUT2D eigenvalue weighted by molar-refractivity contribution is -0.129. The Morgan fingerprint density at radius 1 is 1.26 bits per heavy atom. The highest BCUT2D eigenvalue weighted by atomic mass is 19.2. The number of amides is 2. The van der Waals surface area contributed by atoms with E-state index in [9.17, 15) is 18.4 Å². The van der Waals surface area contributed by atoms with Crippen LogP contribution < -0.4 is 15.8 Å². The molecule has 0 saturated carbocycles. The van der Waals surface area contributed by atoms with Gasteiger partial charge in [0.2, 0.25) is 5.82 Å². The van der Waals surface area contributed by atoms with E-state index >= 15 is 0 Å². The van der Waals surface area contributed by atoms with Crippen molar-refractivity contribution in [3.8, 4) is 5.75 Å². The molecule has 1 aromatic carbocycles. The number of nitrogens with zero attached hydrogens (tertiary/aromatic N) is 1. The van der Waals surface area contributed by atoms with Crippen molar-refractivity contribution in [1.82, 2.24) is 4.98 Å². The molecule has 2 aromatic rings. The van der Waals surface area contributed by atoms with Crippen LogP contribution in [0.15, 0.2) is 30.5 Å². The summed E-state index contributed by atoms with van der Waals surface area (Å²) < 4.78 is 39.3. The van der Waals surface area contributed by atoms with Gasteiger partial charge in [0.05, 0.1) is 13.2 Å². The predicted octanol–water partition coefficient (Wildman–Crippen LogP) is 3.39. The number of anilines is 1. The van der Waals surface area contributed by atoms with Gasteiger partial charge in [-0.15, -0.1) is 0 Å². The average molecular weight is 433 g/mol. The van der Waals surface area contributed by atoms with Crippen LogP contribution >= 0.6 is 0 Å². The Balaban J connectivity index is 1.96. The molecule has 1 aromatic heterocycles. The molecule has 3 rings (SSSR count). The number of nitrogens with one attached hydrogen (secondary N) is 1. The van der Waals surface area contributed by atoms with Gasteiger partial charge < -0.3 is 20.5 Å². The zero-order valence-electron chi connectivity index (χ0n) is 17.7. The van der Waals surface area contributed by atoms with Gasteiger partial charge in [-0.25, -0.2) is 4.39 Å². The number of carbonyl (C=O) groups excluding carboxylic acids is 2. The summed E-state index contributed by atoms with van der Waals surface area (Å²) in [4.78, 5) is 28.3. The summed E-state index contributed by atoms with van der Waals surface area (Å²) in [6.07, 6.45) is 0.447. The third-order valence-electron chi connectivity index (χ3n) is 5.33. The Labute approximate surface area is 178 Å². The summed E-state index contributed by atoms with van der Waals surface area (Å²) in [5, 5.41) is 2.69. The van der Waals surface area contributed by atoms with E-state index < -0.39 is 35.5 Å². The number of primary amides is 1. The molecule has 1 aliphatic heterocycles. The zero-order chi connectivity index (χ0) is 22.9.